The van der Waals surface area contributed by atoms with Gasteiger partial charge in [0.2, 0.25) is 0 Å². The summed E-state index contributed by atoms with van der Waals surface area (Å²) in [4.78, 5) is 0. The molecule has 1 heterocycles. The molecule has 0 aliphatic carbocycles. The lowest BCUT2D eigenvalue weighted by Crippen LogP contribution is -2.83. The lowest BCUT2D eigenvalue weighted by atomic mass is 9.82. The first-order chi connectivity index (χ1) is 9.92. The molecule has 0 spiro atoms. The van der Waals surface area contributed by atoms with Gasteiger partial charge in [0, 0.05) is 18.4 Å². The summed E-state index contributed by atoms with van der Waals surface area (Å²) >= 11 is 0. The summed E-state index contributed by atoms with van der Waals surface area (Å²) in [6, 6.07) is 8.14. The van der Waals surface area contributed by atoms with Gasteiger partial charge < -0.3 is 19.9 Å². The molecule has 2 rings (SSSR count). The van der Waals surface area contributed by atoms with Crippen LogP contribution in [0.5, 0.6) is 5.75 Å². The first-order valence-corrected chi connectivity index (χ1v) is 7.73. The Morgan fingerprint density at radius 3 is 2.62 bits per heavy atom. The van der Waals surface area contributed by atoms with Gasteiger partial charge in [0.1, 0.15) is 12.3 Å². The van der Waals surface area contributed by atoms with Crippen LogP contribution in [0.15, 0.2) is 24.3 Å². The van der Waals surface area contributed by atoms with Crippen molar-refractivity contribution in [3.05, 3.63) is 29.8 Å². The molecule has 1 unspecified atom stereocenters. The normalized spacial score (nSPS) is 24.8. The number of nitrogens with two attached hydrogens (primary N) is 1. The molecule has 3 N–H and O–H groups in total. The van der Waals surface area contributed by atoms with E-state index in [0.29, 0.717) is 6.61 Å². The third kappa shape index (κ3) is 4.99. The van der Waals surface area contributed by atoms with Crippen molar-refractivity contribution >= 4 is 0 Å². The number of ether oxygens (including phenoxy) is 2. The molecule has 0 radical (unpaired) electrons. The fraction of sp³-hybridized carbons (Fsp3) is 0.647. The minimum atomic E-state index is -0.571. The lowest BCUT2D eigenvalue weighted by molar-refractivity contribution is -0.672. The van der Waals surface area contributed by atoms with E-state index in [0.717, 1.165) is 38.1 Å². The minimum Gasteiger partial charge on any atom is -0.497 e. The smallest absolute Gasteiger partial charge is 0.118 e. The van der Waals surface area contributed by atoms with Crippen LogP contribution in [0.4, 0.5) is 0 Å². The number of hydrogen-bond acceptors (Lipinski definition) is 3. The third-order valence-corrected chi connectivity index (χ3v) is 4.17. The van der Waals surface area contributed by atoms with Crippen molar-refractivity contribution in [2.45, 2.75) is 50.9 Å². The summed E-state index contributed by atoms with van der Waals surface area (Å²) in [5, 5.41) is 12.9. The summed E-state index contributed by atoms with van der Waals surface area (Å²) in [6.45, 7) is 6.62. The van der Waals surface area contributed by atoms with Crippen molar-refractivity contribution in [3.8, 4) is 5.75 Å². The lowest BCUT2D eigenvalue weighted by Gasteiger charge is -2.41. The Hall–Kier alpha value is -1.10. The van der Waals surface area contributed by atoms with Crippen LogP contribution in [0.3, 0.4) is 0 Å². The van der Waals surface area contributed by atoms with Crippen LogP contribution >= 0.6 is 0 Å². The molecule has 1 aliphatic heterocycles. The van der Waals surface area contributed by atoms with E-state index in [9.17, 15) is 5.11 Å². The largest absolute Gasteiger partial charge is 0.497 e. The van der Waals surface area contributed by atoms with Crippen molar-refractivity contribution in [2.75, 3.05) is 20.3 Å². The Kier molecular flexibility index (Phi) is 5.25. The first-order valence-electron chi connectivity index (χ1n) is 7.73. The summed E-state index contributed by atoms with van der Waals surface area (Å²) in [5.41, 5.74) is 0.497. The van der Waals surface area contributed by atoms with E-state index in [1.54, 1.807) is 7.11 Å². The predicted octanol–water partition coefficient (Wildman–Crippen LogP) is 1.47. The van der Waals surface area contributed by atoms with Gasteiger partial charge in [-0.1, -0.05) is 0 Å². The number of hydrogen-bond donors (Lipinski definition) is 2. The van der Waals surface area contributed by atoms with E-state index in [2.05, 4.69) is 31.3 Å². The van der Waals surface area contributed by atoms with Gasteiger partial charge in [-0.05, 0) is 44.5 Å². The highest BCUT2D eigenvalue weighted by Gasteiger charge is 2.39. The second-order valence-electron chi connectivity index (χ2n) is 6.64. The highest BCUT2D eigenvalue weighted by molar-refractivity contribution is 5.26. The maximum Gasteiger partial charge on any atom is 0.118 e. The van der Waals surface area contributed by atoms with Crippen LogP contribution in [0, 0.1) is 0 Å². The quantitative estimate of drug-likeness (QED) is 0.781. The van der Waals surface area contributed by atoms with Gasteiger partial charge in [0.25, 0.3) is 0 Å². The zero-order valence-electron chi connectivity index (χ0n) is 13.4. The fourth-order valence-corrected chi connectivity index (χ4v) is 3.06. The number of aliphatic hydroxyl groups is 1. The van der Waals surface area contributed by atoms with Gasteiger partial charge in [0.15, 0.2) is 0 Å². The minimum absolute atomic E-state index is 0.205. The summed E-state index contributed by atoms with van der Waals surface area (Å²) in [6.07, 6.45) is 2.28. The van der Waals surface area contributed by atoms with E-state index < -0.39 is 5.60 Å². The molecule has 0 amide bonds. The molecule has 0 aromatic heterocycles. The average molecular weight is 294 g/mol. The fourth-order valence-electron chi connectivity index (χ4n) is 3.06. The molecule has 21 heavy (non-hydrogen) atoms. The predicted molar refractivity (Wildman–Crippen MR) is 82.3 cm³/mol. The van der Waals surface area contributed by atoms with Gasteiger partial charge >= 0.3 is 0 Å². The van der Waals surface area contributed by atoms with Crippen molar-refractivity contribution in [3.63, 3.8) is 0 Å². The highest BCUT2D eigenvalue weighted by atomic mass is 16.5. The molecular weight excluding hydrogens is 266 g/mol. The number of benzene rings is 1. The van der Waals surface area contributed by atoms with Gasteiger partial charge in [-0.15, -0.1) is 0 Å². The second kappa shape index (κ2) is 6.77. The summed E-state index contributed by atoms with van der Waals surface area (Å²) < 4.78 is 10.8. The van der Waals surface area contributed by atoms with E-state index in [1.165, 1.54) is 5.56 Å². The van der Waals surface area contributed by atoms with E-state index in [4.69, 9.17) is 9.47 Å². The molecular formula is C17H28NO3+. The van der Waals surface area contributed by atoms with Crippen molar-refractivity contribution in [1.29, 1.82) is 0 Å². The third-order valence-electron chi connectivity index (χ3n) is 4.17. The maximum atomic E-state index is 10.7. The Morgan fingerprint density at radius 2 is 2.00 bits per heavy atom. The topological polar surface area (TPSA) is 55.3 Å². The van der Waals surface area contributed by atoms with E-state index in [-0.39, 0.29) is 5.60 Å². The molecule has 0 bridgehead atoms. The Labute approximate surface area is 127 Å². The molecule has 1 atom stereocenters. The summed E-state index contributed by atoms with van der Waals surface area (Å²) in [5.74, 6) is 0.887. The number of quaternary nitrogens is 1. The van der Waals surface area contributed by atoms with Gasteiger partial charge in [-0.2, -0.15) is 0 Å². The van der Waals surface area contributed by atoms with Gasteiger partial charge in [0.05, 0.1) is 31.5 Å². The van der Waals surface area contributed by atoms with E-state index >= 15 is 0 Å². The maximum absolute atomic E-state index is 10.7. The highest BCUT2D eigenvalue weighted by Crippen LogP contribution is 2.33. The van der Waals surface area contributed by atoms with Crippen LogP contribution in [-0.4, -0.2) is 36.6 Å². The molecule has 1 aliphatic rings. The molecule has 0 saturated carbocycles. The number of rotatable bonds is 6. The van der Waals surface area contributed by atoms with Crippen molar-refractivity contribution in [1.82, 2.24) is 0 Å². The molecule has 1 aromatic carbocycles. The molecule has 1 aromatic rings. The van der Waals surface area contributed by atoms with Crippen LogP contribution in [0.2, 0.25) is 0 Å². The van der Waals surface area contributed by atoms with Crippen molar-refractivity contribution < 1.29 is 19.9 Å². The molecule has 1 fully saturated rings. The zero-order chi connectivity index (χ0) is 15.3. The standard InChI is InChI=1S/C17H27NO3/c1-16(2)13-17(19,9-11-21-16)8-10-18-12-14-4-6-15(20-3)7-5-14/h4-7,18-19H,8-13H2,1-3H3/p+1. The molecule has 4 nitrogen and oxygen atoms in total. The van der Waals surface area contributed by atoms with Crippen LogP contribution in [-0.2, 0) is 11.3 Å². The number of methoxy groups -OCH3 is 1. The van der Waals surface area contributed by atoms with Crippen LogP contribution < -0.4 is 10.1 Å². The van der Waals surface area contributed by atoms with Gasteiger partial charge in [-0.25, -0.2) is 0 Å². The first kappa shape index (κ1) is 16.3. The van der Waals surface area contributed by atoms with Crippen LogP contribution in [0.25, 0.3) is 0 Å². The van der Waals surface area contributed by atoms with Crippen molar-refractivity contribution in [2.24, 2.45) is 0 Å². The summed E-state index contributed by atoms with van der Waals surface area (Å²) in [7, 11) is 1.68. The molecule has 1 saturated heterocycles. The molecule has 118 valence electrons. The SMILES string of the molecule is COc1ccc(C[NH2+]CCC2(O)CCOC(C)(C)C2)cc1. The second-order valence-corrected chi connectivity index (χ2v) is 6.64. The Balaban J connectivity index is 1.73. The Bertz CT molecular complexity index is 444. The van der Waals surface area contributed by atoms with Gasteiger partial charge in [-0.3, -0.25) is 0 Å². The monoisotopic (exact) mass is 294 g/mol. The molecule has 4 heteroatoms. The Morgan fingerprint density at radius 1 is 1.29 bits per heavy atom. The van der Waals surface area contributed by atoms with E-state index in [1.807, 2.05) is 12.1 Å². The zero-order valence-corrected chi connectivity index (χ0v) is 13.4. The van der Waals surface area contributed by atoms with Crippen LogP contribution in [0.1, 0.15) is 38.7 Å². The average Bonchev–Trinajstić information content (AvgIpc) is 2.43.